The van der Waals surface area contributed by atoms with Crippen molar-refractivity contribution in [2.75, 3.05) is 22.6 Å². The van der Waals surface area contributed by atoms with Gasteiger partial charge in [0.05, 0.1) is 6.67 Å². The molecule has 1 aromatic heterocycles. The van der Waals surface area contributed by atoms with E-state index in [1.807, 2.05) is 18.2 Å². The molecule has 1 aromatic carbocycles. The zero-order valence-corrected chi connectivity index (χ0v) is 10.3. The SMILES string of the molecule is Clc1nc2c(c(NCc3ccccc3)n1)NCN2. The van der Waals surface area contributed by atoms with Gasteiger partial charge < -0.3 is 16.0 Å². The maximum absolute atomic E-state index is 5.88. The van der Waals surface area contributed by atoms with E-state index >= 15 is 0 Å². The second-order valence-corrected chi connectivity index (χ2v) is 4.27. The molecule has 6 heteroatoms. The van der Waals surface area contributed by atoms with Gasteiger partial charge in [-0.1, -0.05) is 30.3 Å². The van der Waals surface area contributed by atoms with Crippen LogP contribution in [0, 0.1) is 0 Å². The largest absolute Gasteiger partial charge is 0.364 e. The van der Waals surface area contributed by atoms with Gasteiger partial charge in [-0.3, -0.25) is 0 Å². The van der Waals surface area contributed by atoms with Crippen LogP contribution in [0.3, 0.4) is 0 Å². The van der Waals surface area contributed by atoms with Gasteiger partial charge in [-0.15, -0.1) is 0 Å². The molecule has 0 saturated carbocycles. The lowest BCUT2D eigenvalue weighted by molar-refractivity contribution is 1.09. The first kappa shape index (κ1) is 11.1. The van der Waals surface area contributed by atoms with Crippen LogP contribution in [0.1, 0.15) is 5.56 Å². The molecule has 0 saturated heterocycles. The molecule has 0 fully saturated rings. The fourth-order valence-electron chi connectivity index (χ4n) is 1.85. The number of fused-ring (bicyclic) bond motifs is 1. The Balaban J connectivity index is 1.81. The molecule has 0 aliphatic carbocycles. The van der Waals surface area contributed by atoms with Crippen molar-refractivity contribution < 1.29 is 0 Å². The zero-order chi connectivity index (χ0) is 12.4. The number of aromatic nitrogens is 2. The van der Waals surface area contributed by atoms with E-state index in [1.54, 1.807) is 0 Å². The minimum atomic E-state index is 0.237. The van der Waals surface area contributed by atoms with Gasteiger partial charge in [0.1, 0.15) is 5.69 Å². The normalized spacial score (nSPS) is 12.5. The number of hydrogen-bond donors (Lipinski definition) is 3. The minimum Gasteiger partial charge on any atom is -0.364 e. The first-order valence-corrected chi connectivity index (χ1v) is 6.04. The van der Waals surface area contributed by atoms with Crippen LogP contribution in [-0.4, -0.2) is 16.6 Å². The molecule has 0 spiro atoms. The molecule has 0 radical (unpaired) electrons. The van der Waals surface area contributed by atoms with Gasteiger partial charge >= 0.3 is 0 Å². The number of benzene rings is 1. The Morgan fingerprint density at radius 1 is 1.17 bits per heavy atom. The lowest BCUT2D eigenvalue weighted by Gasteiger charge is -2.09. The van der Waals surface area contributed by atoms with Crippen molar-refractivity contribution in [2.24, 2.45) is 0 Å². The molecule has 0 unspecified atom stereocenters. The monoisotopic (exact) mass is 261 g/mol. The minimum absolute atomic E-state index is 0.237. The number of anilines is 3. The number of nitrogens with zero attached hydrogens (tertiary/aromatic N) is 2. The lowest BCUT2D eigenvalue weighted by Crippen LogP contribution is -2.05. The summed E-state index contributed by atoms with van der Waals surface area (Å²) in [5, 5.41) is 9.77. The van der Waals surface area contributed by atoms with Gasteiger partial charge in [-0.25, -0.2) is 0 Å². The third-order valence-electron chi connectivity index (χ3n) is 2.71. The summed E-state index contributed by atoms with van der Waals surface area (Å²) in [6.45, 7) is 1.34. The molecular weight excluding hydrogens is 250 g/mol. The molecule has 2 heterocycles. The molecule has 2 aromatic rings. The Morgan fingerprint density at radius 3 is 2.83 bits per heavy atom. The first-order chi connectivity index (χ1) is 8.83. The van der Waals surface area contributed by atoms with Crippen LogP contribution in [0.4, 0.5) is 17.3 Å². The number of nitrogens with one attached hydrogen (secondary N) is 3. The highest BCUT2D eigenvalue weighted by atomic mass is 35.5. The average Bonchev–Trinajstić information content (AvgIpc) is 2.85. The smallest absolute Gasteiger partial charge is 0.226 e. The van der Waals surface area contributed by atoms with Crippen molar-refractivity contribution in [3.8, 4) is 0 Å². The van der Waals surface area contributed by atoms with E-state index < -0.39 is 0 Å². The molecule has 3 N–H and O–H groups in total. The molecular formula is C12H12ClN5. The van der Waals surface area contributed by atoms with Gasteiger partial charge in [0.2, 0.25) is 5.28 Å². The zero-order valence-electron chi connectivity index (χ0n) is 9.57. The summed E-state index contributed by atoms with van der Waals surface area (Å²) in [6, 6.07) is 10.1. The number of rotatable bonds is 3. The maximum atomic E-state index is 5.88. The van der Waals surface area contributed by atoms with E-state index in [2.05, 4.69) is 38.1 Å². The molecule has 0 atom stereocenters. The third kappa shape index (κ3) is 2.17. The number of halogens is 1. The van der Waals surface area contributed by atoms with Crippen LogP contribution in [0.2, 0.25) is 5.28 Å². The molecule has 0 bridgehead atoms. The molecule has 1 aliphatic heterocycles. The van der Waals surface area contributed by atoms with Crippen LogP contribution >= 0.6 is 11.6 Å². The summed E-state index contributed by atoms with van der Waals surface area (Å²) in [5.41, 5.74) is 2.06. The predicted octanol–water partition coefficient (Wildman–Crippen LogP) is 2.54. The van der Waals surface area contributed by atoms with Crippen molar-refractivity contribution in [1.82, 2.24) is 9.97 Å². The van der Waals surface area contributed by atoms with Crippen molar-refractivity contribution >= 4 is 28.9 Å². The summed E-state index contributed by atoms with van der Waals surface area (Å²) in [7, 11) is 0. The Morgan fingerprint density at radius 2 is 2.00 bits per heavy atom. The molecule has 0 amide bonds. The van der Waals surface area contributed by atoms with Gasteiger partial charge in [0, 0.05) is 6.54 Å². The molecule has 18 heavy (non-hydrogen) atoms. The quantitative estimate of drug-likeness (QED) is 0.741. The van der Waals surface area contributed by atoms with E-state index in [-0.39, 0.29) is 5.28 Å². The molecule has 92 valence electrons. The number of hydrogen-bond acceptors (Lipinski definition) is 5. The van der Waals surface area contributed by atoms with Crippen LogP contribution < -0.4 is 16.0 Å². The van der Waals surface area contributed by atoms with Gasteiger partial charge in [-0.2, -0.15) is 9.97 Å². The highest BCUT2D eigenvalue weighted by Gasteiger charge is 2.17. The Kier molecular flexibility index (Phi) is 2.90. The highest BCUT2D eigenvalue weighted by molar-refractivity contribution is 6.28. The van der Waals surface area contributed by atoms with Gasteiger partial charge in [0.25, 0.3) is 0 Å². The average molecular weight is 262 g/mol. The fraction of sp³-hybridized carbons (Fsp3) is 0.167. The summed E-state index contributed by atoms with van der Waals surface area (Å²) in [5.74, 6) is 1.46. The summed E-state index contributed by atoms with van der Waals surface area (Å²) in [6.07, 6.45) is 0. The van der Waals surface area contributed by atoms with Gasteiger partial charge in [-0.05, 0) is 17.2 Å². The van der Waals surface area contributed by atoms with Crippen LogP contribution in [-0.2, 0) is 6.54 Å². The second-order valence-electron chi connectivity index (χ2n) is 3.93. The van der Waals surface area contributed by atoms with Crippen molar-refractivity contribution in [3.05, 3.63) is 41.2 Å². The van der Waals surface area contributed by atoms with E-state index in [9.17, 15) is 0 Å². The topological polar surface area (TPSA) is 61.9 Å². The summed E-state index contributed by atoms with van der Waals surface area (Å²) in [4.78, 5) is 8.31. The van der Waals surface area contributed by atoms with Crippen molar-refractivity contribution in [2.45, 2.75) is 6.54 Å². The van der Waals surface area contributed by atoms with E-state index in [0.717, 1.165) is 17.3 Å². The van der Waals surface area contributed by atoms with E-state index in [1.165, 1.54) is 5.56 Å². The van der Waals surface area contributed by atoms with Crippen molar-refractivity contribution in [3.63, 3.8) is 0 Å². The van der Waals surface area contributed by atoms with E-state index in [4.69, 9.17) is 11.6 Å². The Labute approximate surface area is 110 Å². The van der Waals surface area contributed by atoms with Crippen LogP contribution in [0.15, 0.2) is 30.3 Å². The summed E-state index contributed by atoms with van der Waals surface area (Å²) < 4.78 is 0. The summed E-state index contributed by atoms with van der Waals surface area (Å²) >= 11 is 5.88. The van der Waals surface area contributed by atoms with Crippen molar-refractivity contribution in [1.29, 1.82) is 0 Å². The highest BCUT2D eigenvalue weighted by Crippen LogP contribution is 2.32. The maximum Gasteiger partial charge on any atom is 0.226 e. The van der Waals surface area contributed by atoms with Crippen LogP contribution in [0.25, 0.3) is 0 Å². The molecule has 5 nitrogen and oxygen atoms in total. The second kappa shape index (κ2) is 4.70. The standard InChI is InChI=1S/C12H12ClN5/c13-12-17-10(9-11(18-12)16-7-15-9)14-6-8-4-2-1-3-5-8/h1-5,15H,6-7H2,(H2,14,16,17,18). The third-order valence-corrected chi connectivity index (χ3v) is 2.87. The predicted molar refractivity (Wildman–Crippen MR) is 72.9 cm³/mol. The van der Waals surface area contributed by atoms with E-state index in [0.29, 0.717) is 13.2 Å². The molecule has 1 aliphatic rings. The Bertz CT molecular complexity index is 558. The van der Waals surface area contributed by atoms with Gasteiger partial charge in [0.15, 0.2) is 11.6 Å². The van der Waals surface area contributed by atoms with Crippen LogP contribution in [0.5, 0.6) is 0 Å². The Hall–Kier alpha value is -2.01. The fourth-order valence-corrected chi connectivity index (χ4v) is 2.02. The molecule has 3 rings (SSSR count). The lowest BCUT2D eigenvalue weighted by atomic mass is 10.2. The first-order valence-electron chi connectivity index (χ1n) is 5.66.